The summed E-state index contributed by atoms with van der Waals surface area (Å²) in [6, 6.07) is 8.33. The van der Waals surface area contributed by atoms with Gasteiger partial charge in [-0.05, 0) is 25.3 Å². The van der Waals surface area contributed by atoms with Crippen LogP contribution in [0.25, 0.3) is 10.9 Å². The summed E-state index contributed by atoms with van der Waals surface area (Å²) >= 11 is 0. The smallest absolute Gasteiger partial charge is 0.130 e. The van der Waals surface area contributed by atoms with Crippen molar-refractivity contribution < 1.29 is 0 Å². The molecule has 0 spiro atoms. The average molecular weight is 241 g/mol. The van der Waals surface area contributed by atoms with Crippen LogP contribution in [0.2, 0.25) is 0 Å². The Morgan fingerprint density at radius 1 is 1.11 bits per heavy atom. The number of nitrogens with one attached hydrogen (secondary N) is 1. The highest BCUT2D eigenvalue weighted by molar-refractivity contribution is 6.08. The molecule has 1 fully saturated rings. The van der Waals surface area contributed by atoms with Gasteiger partial charge in [0.15, 0.2) is 0 Å². The minimum Gasteiger partial charge on any atom is -0.357 e. The van der Waals surface area contributed by atoms with Crippen LogP contribution in [-0.2, 0) is 7.05 Å². The molecule has 1 aromatic carbocycles. The fourth-order valence-corrected chi connectivity index (χ4v) is 2.82. The molecule has 18 heavy (non-hydrogen) atoms. The van der Waals surface area contributed by atoms with E-state index in [0.717, 1.165) is 18.7 Å². The predicted octanol–water partition coefficient (Wildman–Crippen LogP) is 2.99. The molecule has 1 aliphatic rings. The quantitative estimate of drug-likeness (QED) is 0.604. The number of amidine groups is 1. The zero-order valence-corrected chi connectivity index (χ0v) is 10.8. The summed E-state index contributed by atoms with van der Waals surface area (Å²) in [5.74, 6) is 0.687. The predicted molar refractivity (Wildman–Crippen MR) is 75.2 cm³/mol. The molecular formula is C15H19N3. The first kappa shape index (κ1) is 11.3. The van der Waals surface area contributed by atoms with Gasteiger partial charge in [-0.2, -0.15) is 0 Å². The number of hydrogen-bond donors (Lipinski definition) is 1. The second-order valence-corrected chi connectivity index (χ2v) is 5.07. The maximum absolute atomic E-state index is 8.43. The van der Waals surface area contributed by atoms with Crippen LogP contribution in [0.1, 0.15) is 24.8 Å². The normalized spacial score (nSPS) is 16.2. The summed E-state index contributed by atoms with van der Waals surface area (Å²) in [5.41, 5.74) is 2.27. The van der Waals surface area contributed by atoms with Crippen molar-refractivity contribution in [1.82, 2.24) is 9.47 Å². The first-order chi connectivity index (χ1) is 8.77. The molecule has 0 bridgehead atoms. The second kappa shape index (κ2) is 4.48. The molecule has 1 N–H and O–H groups in total. The summed E-state index contributed by atoms with van der Waals surface area (Å²) in [7, 11) is 2.05. The molecule has 0 aliphatic carbocycles. The van der Waals surface area contributed by atoms with Gasteiger partial charge in [-0.3, -0.25) is 5.41 Å². The van der Waals surface area contributed by atoms with Gasteiger partial charge in [-0.1, -0.05) is 18.2 Å². The van der Waals surface area contributed by atoms with Gasteiger partial charge < -0.3 is 9.47 Å². The molecule has 0 saturated carbocycles. The van der Waals surface area contributed by atoms with Gasteiger partial charge in [0.2, 0.25) is 0 Å². The number of hydrogen-bond acceptors (Lipinski definition) is 1. The van der Waals surface area contributed by atoms with Crippen molar-refractivity contribution in [3.63, 3.8) is 0 Å². The fourth-order valence-electron chi connectivity index (χ4n) is 2.82. The van der Waals surface area contributed by atoms with Crippen molar-refractivity contribution >= 4 is 16.7 Å². The first-order valence-corrected chi connectivity index (χ1v) is 6.65. The van der Waals surface area contributed by atoms with Crippen molar-refractivity contribution in [3.05, 3.63) is 36.0 Å². The van der Waals surface area contributed by atoms with E-state index in [1.54, 1.807) is 0 Å². The number of likely N-dealkylation sites (tertiary alicyclic amines) is 1. The minimum absolute atomic E-state index is 0.687. The average Bonchev–Trinajstić information content (AvgIpc) is 2.77. The molecule has 1 aliphatic heterocycles. The lowest BCUT2D eigenvalue weighted by molar-refractivity contribution is 0.341. The van der Waals surface area contributed by atoms with Crippen LogP contribution in [0, 0.1) is 5.41 Å². The Hall–Kier alpha value is -1.77. The summed E-state index contributed by atoms with van der Waals surface area (Å²) in [4.78, 5) is 2.21. The third-order valence-corrected chi connectivity index (χ3v) is 3.82. The number of benzene rings is 1. The van der Waals surface area contributed by atoms with Gasteiger partial charge in [0.05, 0.1) is 0 Å². The maximum atomic E-state index is 8.43. The lowest BCUT2D eigenvalue weighted by Crippen LogP contribution is -2.35. The van der Waals surface area contributed by atoms with Crippen LogP contribution in [0.15, 0.2) is 30.5 Å². The lowest BCUT2D eigenvalue weighted by atomic mass is 10.1. The second-order valence-electron chi connectivity index (χ2n) is 5.07. The standard InChI is InChI=1S/C15H19N3/c1-17-11-13(12-7-3-4-8-14(12)17)15(16)18-9-5-2-6-10-18/h3-4,7-8,11,16H,2,5-6,9-10H2,1H3. The minimum atomic E-state index is 0.687. The van der Waals surface area contributed by atoms with E-state index in [1.165, 1.54) is 30.2 Å². The van der Waals surface area contributed by atoms with Gasteiger partial charge in [0.25, 0.3) is 0 Å². The van der Waals surface area contributed by atoms with E-state index < -0.39 is 0 Å². The lowest BCUT2D eigenvalue weighted by Gasteiger charge is -2.28. The van der Waals surface area contributed by atoms with Crippen LogP contribution in [-0.4, -0.2) is 28.4 Å². The number of aryl methyl sites for hydroxylation is 1. The summed E-state index contributed by atoms with van der Waals surface area (Å²) < 4.78 is 2.11. The maximum Gasteiger partial charge on any atom is 0.130 e. The Kier molecular flexibility index (Phi) is 2.82. The van der Waals surface area contributed by atoms with Gasteiger partial charge in [0, 0.05) is 42.8 Å². The van der Waals surface area contributed by atoms with Crippen LogP contribution in [0.5, 0.6) is 0 Å². The summed E-state index contributed by atoms with van der Waals surface area (Å²) in [6.45, 7) is 2.06. The molecule has 3 nitrogen and oxygen atoms in total. The van der Waals surface area contributed by atoms with E-state index in [4.69, 9.17) is 5.41 Å². The monoisotopic (exact) mass is 241 g/mol. The Morgan fingerprint density at radius 3 is 2.61 bits per heavy atom. The number of fused-ring (bicyclic) bond motifs is 1. The molecule has 0 atom stereocenters. The van der Waals surface area contributed by atoms with Crippen LogP contribution in [0.3, 0.4) is 0 Å². The van der Waals surface area contributed by atoms with Crippen molar-refractivity contribution in [1.29, 1.82) is 5.41 Å². The first-order valence-electron chi connectivity index (χ1n) is 6.65. The Morgan fingerprint density at radius 2 is 1.83 bits per heavy atom. The highest BCUT2D eigenvalue weighted by Gasteiger charge is 2.18. The van der Waals surface area contributed by atoms with Gasteiger partial charge in [0.1, 0.15) is 5.84 Å². The third kappa shape index (κ3) is 1.80. The van der Waals surface area contributed by atoms with E-state index in [-0.39, 0.29) is 0 Å². The number of aromatic nitrogens is 1. The Labute approximate surface area is 108 Å². The third-order valence-electron chi connectivity index (χ3n) is 3.82. The molecule has 0 radical (unpaired) electrons. The molecule has 0 unspecified atom stereocenters. The molecule has 0 amide bonds. The SMILES string of the molecule is Cn1cc(C(=N)N2CCCCC2)c2ccccc21. The topological polar surface area (TPSA) is 32.0 Å². The largest absolute Gasteiger partial charge is 0.357 e. The van der Waals surface area contributed by atoms with E-state index >= 15 is 0 Å². The molecule has 2 aromatic rings. The van der Waals surface area contributed by atoms with Gasteiger partial charge in [-0.15, -0.1) is 0 Å². The van der Waals surface area contributed by atoms with Crippen molar-refractivity contribution in [2.45, 2.75) is 19.3 Å². The van der Waals surface area contributed by atoms with E-state index in [9.17, 15) is 0 Å². The molecule has 2 heterocycles. The van der Waals surface area contributed by atoms with Gasteiger partial charge >= 0.3 is 0 Å². The van der Waals surface area contributed by atoms with Crippen LogP contribution in [0.4, 0.5) is 0 Å². The number of piperidine rings is 1. The van der Waals surface area contributed by atoms with E-state index in [0.29, 0.717) is 5.84 Å². The molecule has 94 valence electrons. The molecular weight excluding hydrogens is 222 g/mol. The fraction of sp³-hybridized carbons (Fsp3) is 0.400. The molecule has 1 aromatic heterocycles. The van der Waals surface area contributed by atoms with Crippen LogP contribution < -0.4 is 0 Å². The zero-order valence-electron chi connectivity index (χ0n) is 10.8. The number of nitrogens with zero attached hydrogens (tertiary/aromatic N) is 2. The van der Waals surface area contributed by atoms with Crippen molar-refractivity contribution in [3.8, 4) is 0 Å². The molecule has 3 heteroatoms. The Balaban J connectivity index is 2.00. The zero-order chi connectivity index (χ0) is 12.5. The Bertz CT molecular complexity index is 576. The number of para-hydroxylation sites is 1. The van der Waals surface area contributed by atoms with Crippen molar-refractivity contribution in [2.75, 3.05) is 13.1 Å². The highest BCUT2D eigenvalue weighted by atomic mass is 15.2. The summed E-state index contributed by atoms with van der Waals surface area (Å²) in [5, 5.41) is 9.62. The van der Waals surface area contributed by atoms with Crippen LogP contribution >= 0.6 is 0 Å². The number of rotatable bonds is 1. The molecule has 3 rings (SSSR count). The molecule has 1 saturated heterocycles. The van der Waals surface area contributed by atoms with E-state index in [2.05, 4.69) is 47.0 Å². The highest BCUT2D eigenvalue weighted by Crippen LogP contribution is 2.23. The van der Waals surface area contributed by atoms with Crippen molar-refractivity contribution in [2.24, 2.45) is 7.05 Å². The van der Waals surface area contributed by atoms with E-state index in [1.807, 2.05) is 0 Å². The van der Waals surface area contributed by atoms with Gasteiger partial charge in [-0.25, -0.2) is 0 Å². The summed E-state index contributed by atoms with van der Waals surface area (Å²) in [6.07, 6.45) is 5.82.